The predicted molar refractivity (Wildman–Crippen MR) is 51.5 cm³/mol. The molecule has 0 aromatic heterocycles. The highest BCUT2D eigenvalue weighted by molar-refractivity contribution is 6.34. The zero-order chi connectivity index (χ0) is 9.14. The average molecular weight is 181 g/mol. The summed E-state index contributed by atoms with van der Waals surface area (Å²) < 4.78 is 0. The van der Waals surface area contributed by atoms with Gasteiger partial charge in [0.05, 0.1) is 5.02 Å². The van der Waals surface area contributed by atoms with Gasteiger partial charge in [-0.3, -0.25) is 4.79 Å². The van der Waals surface area contributed by atoms with Crippen LogP contribution in [0.5, 0.6) is 0 Å². The summed E-state index contributed by atoms with van der Waals surface area (Å²) in [7, 11) is 0. The van der Waals surface area contributed by atoms with Crippen LogP contribution in [0.3, 0.4) is 0 Å². The second-order valence-electron chi connectivity index (χ2n) is 2.46. The Morgan fingerprint density at radius 2 is 2.25 bits per heavy atom. The van der Waals surface area contributed by atoms with Crippen LogP contribution < -0.4 is 0 Å². The summed E-state index contributed by atoms with van der Waals surface area (Å²) in [5.41, 5.74) is 1.34. The summed E-state index contributed by atoms with van der Waals surface area (Å²) in [6.07, 6.45) is 1.63. The van der Waals surface area contributed by atoms with Crippen molar-refractivity contribution < 1.29 is 4.79 Å². The second-order valence-corrected chi connectivity index (χ2v) is 2.87. The first-order valence-corrected chi connectivity index (χ1v) is 3.96. The van der Waals surface area contributed by atoms with E-state index in [9.17, 15) is 4.79 Å². The van der Waals surface area contributed by atoms with Crippen molar-refractivity contribution >= 4 is 23.5 Å². The van der Waals surface area contributed by atoms with E-state index in [0.29, 0.717) is 10.6 Å². The van der Waals surface area contributed by atoms with Gasteiger partial charge in [0.15, 0.2) is 5.78 Å². The van der Waals surface area contributed by atoms with Gasteiger partial charge in [-0.1, -0.05) is 36.4 Å². The maximum atomic E-state index is 11.1. The van der Waals surface area contributed by atoms with Gasteiger partial charge in [-0.05, 0) is 18.6 Å². The molecular formula is C10H9ClO. The molecule has 0 radical (unpaired) electrons. The lowest BCUT2D eigenvalue weighted by atomic mass is 10.0. The third-order valence-corrected chi connectivity index (χ3v) is 1.93. The van der Waals surface area contributed by atoms with Crippen LogP contribution >= 0.6 is 11.6 Å². The summed E-state index contributed by atoms with van der Waals surface area (Å²) >= 11 is 5.83. The lowest BCUT2D eigenvalue weighted by molar-refractivity contribution is 0.101. The highest BCUT2D eigenvalue weighted by atomic mass is 35.5. The van der Waals surface area contributed by atoms with Crippen molar-refractivity contribution in [2.75, 3.05) is 0 Å². The molecule has 0 unspecified atom stereocenters. The Hall–Kier alpha value is -1.08. The Kier molecular flexibility index (Phi) is 2.66. The van der Waals surface area contributed by atoms with Crippen LogP contribution in [0, 0.1) is 0 Å². The maximum absolute atomic E-state index is 11.1. The predicted octanol–water partition coefficient (Wildman–Crippen LogP) is 3.19. The normalized spacial score (nSPS) is 9.50. The molecule has 0 N–H and O–H groups in total. The molecule has 12 heavy (non-hydrogen) atoms. The van der Waals surface area contributed by atoms with Crippen LogP contribution in [0.4, 0.5) is 0 Å². The summed E-state index contributed by atoms with van der Waals surface area (Å²) in [6.45, 7) is 5.10. The number of benzene rings is 1. The number of halogens is 1. The average Bonchev–Trinajstić information content (AvgIpc) is 2.03. The molecule has 0 aliphatic heterocycles. The van der Waals surface area contributed by atoms with Gasteiger partial charge in [-0.15, -0.1) is 0 Å². The van der Waals surface area contributed by atoms with Crippen LogP contribution in [-0.4, -0.2) is 5.78 Å². The minimum Gasteiger partial charge on any atom is -0.294 e. The Morgan fingerprint density at radius 1 is 1.58 bits per heavy atom. The number of hydrogen-bond acceptors (Lipinski definition) is 1. The van der Waals surface area contributed by atoms with Gasteiger partial charge in [0, 0.05) is 5.56 Å². The first kappa shape index (κ1) is 9.01. The van der Waals surface area contributed by atoms with Crippen molar-refractivity contribution in [3.63, 3.8) is 0 Å². The molecule has 1 rings (SSSR count). The van der Waals surface area contributed by atoms with Gasteiger partial charge in [-0.25, -0.2) is 0 Å². The molecule has 0 bridgehead atoms. The lowest BCUT2D eigenvalue weighted by Gasteiger charge is -2.03. The fraction of sp³-hybridized carbons (Fsp3) is 0.100. The lowest BCUT2D eigenvalue weighted by Crippen LogP contribution is -1.96. The second kappa shape index (κ2) is 3.55. The van der Waals surface area contributed by atoms with Crippen molar-refractivity contribution in [2.24, 2.45) is 0 Å². The summed E-state index contributed by atoms with van der Waals surface area (Å²) in [5.74, 6) is -0.0319. The molecule has 1 nitrogen and oxygen atoms in total. The molecule has 0 aliphatic carbocycles. The third-order valence-electron chi connectivity index (χ3n) is 1.62. The Labute approximate surface area is 76.7 Å². The third kappa shape index (κ3) is 1.56. The highest BCUT2D eigenvalue weighted by Crippen LogP contribution is 2.21. The van der Waals surface area contributed by atoms with Crippen molar-refractivity contribution in [1.82, 2.24) is 0 Å². The van der Waals surface area contributed by atoms with E-state index in [2.05, 4.69) is 6.58 Å². The van der Waals surface area contributed by atoms with E-state index in [4.69, 9.17) is 11.6 Å². The number of ketones is 1. The Balaban J connectivity index is 3.39. The van der Waals surface area contributed by atoms with Crippen LogP contribution in [-0.2, 0) is 0 Å². The Morgan fingerprint density at radius 3 is 2.67 bits per heavy atom. The number of carbonyl (C=O) groups is 1. The molecule has 1 aromatic carbocycles. The van der Waals surface area contributed by atoms with E-state index >= 15 is 0 Å². The molecule has 0 heterocycles. The van der Waals surface area contributed by atoms with Crippen molar-refractivity contribution in [1.29, 1.82) is 0 Å². The molecule has 1 aromatic rings. The topological polar surface area (TPSA) is 17.1 Å². The van der Waals surface area contributed by atoms with E-state index in [-0.39, 0.29) is 5.78 Å². The molecular weight excluding hydrogens is 172 g/mol. The molecule has 0 fully saturated rings. The standard InChI is InChI=1S/C10H9ClO/c1-3-8-5-4-6-9(11)10(8)7(2)12/h3-6H,1H2,2H3. The molecule has 62 valence electrons. The van der Waals surface area contributed by atoms with Crippen LogP contribution in [0.15, 0.2) is 24.8 Å². The van der Waals surface area contributed by atoms with Crippen LogP contribution in [0.2, 0.25) is 5.02 Å². The molecule has 0 atom stereocenters. The van der Waals surface area contributed by atoms with E-state index in [0.717, 1.165) is 5.56 Å². The van der Waals surface area contributed by atoms with Crippen molar-refractivity contribution in [2.45, 2.75) is 6.92 Å². The van der Waals surface area contributed by atoms with E-state index in [1.54, 1.807) is 18.2 Å². The molecule has 2 heteroatoms. The molecule has 0 spiro atoms. The largest absolute Gasteiger partial charge is 0.294 e. The van der Waals surface area contributed by atoms with Gasteiger partial charge in [-0.2, -0.15) is 0 Å². The van der Waals surface area contributed by atoms with Gasteiger partial charge in [0.2, 0.25) is 0 Å². The number of carbonyl (C=O) groups excluding carboxylic acids is 1. The summed E-state index contributed by atoms with van der Waals surface area (Å²) in [5, 5.41) is 0.486. The van der Waals surface area contributed by atoms with Gasteiger partial charge < -0.3 is 0 Å². The summed E-state index contributed by atoms with van der Waals surface area (Å²) in [4.78, 5) is 11.1. The molecule has 0 saturated heterocycles. The first-order chi connectivity index (χ1) is 5.66. The molecule has 0 amide bonds. The maximum Gasteiger partial charge on any atom is 0.161 e. The first-order valence-electron chi connectivity index (χ1n) is 3.58. The quantitative estimate of drug-likeness (QED) is 0.639. The van der Waals surface area contributed by atoms with E-state index in [1.807, 2.05) is 6.07 Å². The smallest absolute Gasteiger partial charge is 0.161 e. The van der Waals surface area contributed by atoms with Crippen LogP contribution in [0.25, 0.3) is 6.08 Å². The van der Waals surface area contributed by atoms with E-state index < -0.39 is 0 Å². The minimum absolute atomic E-state index is 0.0319. The minimum atomic E-state index is -0.0319. The van der Waals surface area contributed by atoms with Gasteiger partial charge in [0.25, 0.3) is 0 Å². The van der Waals surface area contributed by atoms with Crippen LogP contribution in [0.1, 0.15) is 22.8 Å². The summed E-state index contributed by atoms with van der Waals surface area (Å²) in [6, 6.07) is 5.31. The SMILES string of the molecule is C=Cc1cccc(Cl)c1C(C)=O. The molecule has 0 aliphatic rings. The molecule has 0 saturated carbocycles. The highest BCUT2D eigenvalue weighted by Gasteiger charge is 2.08. The van der Waals surface area contributed by atoms with Crippen molar-refractivity contribution in [3.05, 3.63) is 40.9 Å². The number of Topliss-reactive ketones (excluding diaryl/α,β-unsaturated/α-hetero) is 1. The van der Waals surface area contributed by atoms with Gasteiger partial charge in [0.1, 0.15) is 0 Å². The fourth-order valence-corrected chi connectivity index (χ4v) is 1.40. The van der Waals surface area contributed by atoms with Crippen molar-refractivity contribution in [3.8, 4) is 0 Å². The fourth-order valence-electron chi connectivity index (χ4n) is 1.08. The van der Waals surface area contributed by atoms with E-state index in [1.165, 1.54) is 6.92 Å². The van der Waals surface area contributed by atoms with Gasteiger partial charge >= 0.3 is 0 Å². The zero-order valence-electron chi connectivity index (χ0n) is 6.80. The zero-order valence-corrected chi connectivity index (χ0v) is 7.56. The number of hydrogen-bond donors (Lipinski definition) is 0. The number of rotatable bonds is 2. The monoisotopic (exact) mass is 180 g/mol. The Bertz CT molecular complexity index is 329.